The standard InChI is InChI=1S/C21H22BrNO5S/c1-20(2,3)28-19(25)23-21(13-24)17(14-9-11-15(22)12-10-14)18(21)29(26,27)16-7-5-4-6-8-16/h4-13,17-18H,1-3H3,(H,23,25)/t17-,18+,21-/m1/s1. The number of nitrogens with one attached hydrogen (secondary N) is 1. The lowest BCUT2D eigenvalue weighted by Gasteiger charge is -2.22. The van der Waals surface area contributed by atoms with Crippen LogP contribution in [-0.2, 0) is 19.4 Å². The fourth-order valence-electron chi connectivity index (χ4n) is 3.49. The number of ether oxygens (including phenoxy) is 1. The third-order valence-electron chi connectivity index (χ3n) is 4.73. The molecule has 0 aliphatic heterocycles. The van der Waals surface area contributed by atoms with Crippen LogP contribution in [-0.4, -0.2) is 37.2 Å². The molecule has 2 aromatic rings. The van der Waals surface area contributed by atoms with E-state index in [-0.39, 0.29) is 4.90 Å². The van der Waals surface area contributed by atoms with Crippen molar-refractivity contribution in [3.8, 4) is 0 Å². The van der Waals surface area contributed by atoms with Gasteiger partial charge in [-0.05, 0) is 50.6 Å². The minimum Gasteiger partial charge on any atom is -0.444 e. The predicted octanol–water partition coefficient (Wildman–Crippen LogP) is 3.85. The molecule has 29 heavy (non-hydrogen) atoms. The summed E-state index contributed by atoms with van der Waals surface area (Å²) in [5.41, 5.74) is -1.75. The highest BCUT2D eigenvalue weighted by Gasteiger charge is 2.73. The number of hydrogen-bond donors (Lipinski definition) is 1. The third-order valence-corrected chi connectivity index (χ3v) is 7.52. The van der Waals surface area contributed by atoms with Crippen molar-refractivity contribution in [3.63, 3.8) is 0 Å². The molecule has 2 aromatic carbocycles. The number of aldehydes is 1. The number of alkyl carbamates (subject to hydrolysis) is 1. The van der Waals surface area contributed by atoms with Crippen molar-refractivity contribution in [2.24, 2.45) is 0 Å². The number of carbonyl (C=O) groups is 2. The van der Waals surface area contributed by atoms with Crippen LogP contribution in [0.4, 0.5) is 4.79 Å². The summed E-state index contributed by atoms with van der Waals surface area (Å²) >= 11 is 3.35. The van der Waals surface area contributed by atoms with Crippen LogP contribution in [0.15, 0.2) is 64.0 Å². The number of rotatable bonds is 5. The Morgan fingerprint density at radius 1 is 1.10 bits per heavy atom. The molecule has 1 aliphatic carbocycles. The summed E-state index contributed by atoms with van der Waals surface area (Å²) in [7, 11) is -3.90. The van der Waals surface area contributed by atoms with Crippen LogP contribution >= 0.6 is 15.9 Å². The van der Waals surface area contributed by atoms with Crippen LogP contribution in [0.2, 0.25) is 0 Å². The van der Waals surface area contributed by atoms with Gasteiger partial charge in [-0.25, -0.2) is 13.2 Å². The zero-order chi connectivity index (χ0) is 21.4. The number of carbonyl (C=O) groups excluding carboxylic acids is 2. The molecule has 0 unspecified atom stereocenters. The van der Waals surface area contributed by atoms with Crippen molar-refractivity contribution in [2.75, 3.05) is 0 Å². The molecule has 8 heteroatoms. The summed E-state index contributed by atoms with van der Waals surface area (Å²) in [5, 5.41) is 1.41. The molecule has 0 radical (unpaired) electrons. The zero-order valence-electron chi connectivity index (χ0n) is 16.3. The average Bonchev–Trinajstić information content (AvgIpc) is 3.31. The van der Waals surface area contributed by atoms with Gasteiger partial charge in [0.25, 0.3) is 0 Å². The minimum absolute atomic E-state index is 0.0989. The Morgan fingerprint density at radius 2 is 1.69 bits per heavy atom. The molecule has 0 spiro atoms. The summed E-state index contributed by atoms with van der Waals surface area (Å²) in [6, 6.07) is 14.9. The highest BCUT2D eigenvalue weighted by atomic mass is 79.9. The Morgan fingerprint density at radius 3 is 2.21 bits per heavy atom. The van der Waals surface area contributed by atoms with Gasteiger partial charge >= 0.3 is 6.09 Å². The van der Waals surface area contributed by atoms with E-state index in [0.717, 1.165) is 4.47 Å². The number of hydrogen-bond acceptors (Lipinski definition) is 5. The van der Waals surface area contributed by atoms with Crippen LogP contribution in [0.1, 0.15) is 32.3 Å². The lowest BCUT2D eigenvalue weighted by atomic mass is 10.1. The maximum atomic E-state index is 13.3. The van der Waals surface area contributed by atoms with Crippen LogP contribution in [0.25, 0.3) is 0 Å². The van der Waals surface area contributed by atoms with Gasteiger partial charge < -0.3 is 14.8 Å². The number of benzene rings is 2. The lowest BCUT2D eigenvalue weighted by molar-refractivity contribution is -0.110. The molecular formula is C21H22BrNO5S. The van der Waals surface area contributed by atoms with E-state index in [4.69, 9.17) is 4.74 Å². The van der Waals surface area contributed by atoms with E-state index in [0.29, 0.717) is 11.8 Å². The van der Waals surface area contributed by atoms with E-state index in [1.165, 1.54) is 12.1 Å². The van der Waals surface area contributed by atoms with Gasteiger partial charge in [-0.1, -0.05) is 46.3 Å². The van der Waals surface area contributed by atoms with Crippen LogP contribution in [0.3, 0.4) is 0 Å². The van der Waals surface area contributed by atoms with Gasteiger partial charge in [0, 0.05) is 10.4 Å². The first kappa shape index (κ1) is 21.5. The Bertz CT molecular complexity index is 1020. The van der Waals surface area contributed by atoms with E-state index < -0.39 is 38.2 Å². The zero-order valence-corrected chi connectivity index (χ0v) is 18.7. The molecule has 3 atom stereocenters. The SMILES string of the molecule is CC(C)(C)OC(=O)N[C@]1(C=O)[C@H](c2ccc(Br)cc2)[C@@H]1S(=O)(=O)c1ccccc1. The predicted molar refractivity (Wildman–Crippen MR) is 112 cm³/mol. The molecular weight excluding hydrogens is 458 g/mol. The highest BCUT2D eigenvalue weighted by molar-refractivity contribution is 9.10. The van der Waals surface area contributed by atoms with Crippen molar-refractivity contribution >= 4 is 38.1 Å². The highest BCUT2D eigenvalue weighted by Crippen LogP contribution is 2.56. The molecule has 1 N–H and O–H groups in total. The fourth-order valence-corrected chi connectivity index (χ4v) is 6.02. The van der Waals surface area contributed by atoms with Crippen molar-refractivity contribution in [1.29, 1.82) is 0 Å². The summed E-state index contributed by atoms with van der Waals surface area (Å²) < 4.78 is 32.7. The molecule has 0 aromatic heterocycles. The first-order chi connectivity index (χ1) is 13.5. The quantitative estimate of drug-likeness (QED) is 0.657. The monoisotopic (exact) mass is 479 g/mol. The van der Waals surface area contributed by atoms with Gasteiger partial charge in [0.1, 0.15) is 22.7 Å². The average molecular weight is 480 g/mol. The largest absolute Gasteiger partial charge is 0.444 e. The second-order valence-electron chi connectivity index (χ2n) is 7.99. The molecule has 3 rings (SSSR count). The topological polar surface area (TPSA) is 89.5 Å². The van der Waals surface area contributed by atoms with Crippen molar-refractivity contribution in [2.45, 2.75) is 48.0 Å². The smallest absolute Gasteiger partial charge is 0.408 e. The van der Waals surface area contributed by atoms with Gasteiger partial charge in [-0.15, -0.1) is 0 Å². The number of halogens is 1. The molecule has 0 saturated heterocycles. The second-order valence-corrected chi connectivity index (χ2v) is 11.0. The van der Waals surface area contributed by atoms with Crippen molar-refractivity contribution in [1.82, 2.24) is 5.32 Å². The Kier molecular flexibility index (Phi) is 5.62. The Labute approximate surface area is 178 Å². The number of sulfone groups is 1. The maximum Gasteiger partial charge on any atom is 0.408 e. The molecule has 0 heterocycles. The second kappa shape index (κ2) is 7.57. The van der Waals surface area contributed by atoms with Crippen molar-refractivity contribution < 1.29 is 22.7 Å². The van der Waals surface area contributed by atoms with Crippen molar-refractivity contribution in [3.05, 3.63) is 64.6 Å². The number of amides is 1. The van der Waals surface area contributed by atoms with Gasteiger partial charge in [-0.2, -0.15) is 0 Å². The van der Waals surface area contributed by atoms with E-state index in [9.17, 15) is 18.0 Å². The maximum absolute atomic E-state index is 13.3. The molecule has 1 aliphatic rings. The summed E-state index contributed by atoms with van der Waals surface area (Å²) in [5.74, 6) is -0.731. The first-order valence-electron chi connectivity index (χ1n) is 9.03. The summed E-state index contributed by atoms with van der Waals surface area (Å²) in [4.78, 5) is 24.7. The molecule has 154 valence electrons. The van der Waals surface area contributed by atoms with E-state index in [1.54, 1.807) is 63.2 Å². The van der Waals surface area contributed by atoms with Gasteiger partial charge in [-0.3, -0.25) is 0 Å². The first-order valence-corrected chi connectivity index (χ1v) is 11.4. The van der Waals surface area contributed by atoms with Crippen LogP contribution in [0.5, 0.6) is 0 Å². The third kappa shape index (κ3) is 4.23. The van der Waals surface area contributed by atoms with Gasteiger partial charge in [0.05, 0.1) is 4.90 Å². The summed E-state index contributed by atoms with van der Waals surface area (Å²) in [6.45, 7) is 5.08. The van der Waals surface area contributed by atoms with Gasteiger partial charge in [0.15, 0.2) is 9.84 Å². The molecule has 0 bridgehead atoms. The Balaban J connectivity index is 2.04. The van der Waals surface area contributed by atoms with Crippen LogP contribution in [0, 0.1) is 0 Å². The van der Waals surface area contributed by atoms with E-state index >= 15 is 0 Å². The van der Waals surface area contributed by atoms with Crippen LogP contribution < -0.4 is 5.32 Å². The molecule has 6 nitrogen and oxygen atoms in total. The summed E-state index contributed by atoms with van der Waals surface area (Å²) in [6.07, 6.45) is -0.327. The normalized spacial score (nSPS) is 23.9. The fraction of sp³-hybridized carbons (Fsp3) is 0.333. The molecule has 1 fully saturated rings. The minimum atomic E-state index is -3.90. The Hall–Kier alpha value is -2.19. The molecule has 1 amide bonds. The van der Waals surface area contributed by atoms with Gasteiger partial charge in [0.2, 0.25) is 0 Å². The van der Waals surface area contributed by atoms with E-state index in [1.807, 2.05) is 0 Å². The molecule has 1 saturated carbocycles. The lowest BCUT2D eigenvalue weighted by Crippen LogP contribution is -2.45. The van der Waals surface area contributed by atoms with E-state index in [2.05, 4.69) is 21.2 Å².